The summed E-state index contributed by atoms with van der Waals surface area (Å²) in [5.41, 5.74) is 0.716. The van der Waals surface area contributed by atoms with Crippen molar-refractivity contribution < 1.29 is 9.72 Å². The number of carbonyl (C=O) groups is 1. The maximum atomic E-state index is 12.5. The number of hydrogen-bond acceptors (Lipinski definition) is 5. The molecule has 0 unspecified atom stereocenters. The van der Waals surface area contributed by atoms with Crippen molar-refractivity contribution in [3.8, 4) is 0 Å². The first-order chi connectivity index (χ1) is 10.0. The molecule has 7 nitrogen and oxygen atoms in total. The SMILES string of the molecule is CNCC1CCN(C(=O)c2cc([N+](=O)[O-])cnc2C)CC1.Cl. The average molecular weight is 329 g/mol. The van der Waals surface area contributed by atoms with Crippen LogP contribution in [0.5, 0.6) is 0 Å². The minimum Gasteiger partial charge on any atom is -0.339 e. The Morgan fingerprint density at radius 3 is 2.68 bits per heavy atom. The first kappa shape index (κ1) is 18.3. The van der Waals surface area contributed by atoms with E-state index >= 15 is 0 Å². The van der Waals surface area contributed by atoms with Crippen molar-refractivity contribution in [1.82, 2.24) is 15.2 Å². The summed E-state index contributed by atoms with van der Waals surface area (Å²) in [5, 5.41) is 14.0. The minimum absolute atomic E-state index is 0. The van der Waals surface area contributed by atoms with E-state index in [0.717, 1.165) is 19.4 Å². The standard InChI is InChI=1S/C14H20N4O3.ClH/c1-10-13(7-12(9-16-10)18(20)21)14(19)17-5-3-11(4-6-17)8-15-2;/h7,9,11,15H,3-6,8H2,1-2H3;1H. The van der Waals surface area contributed by atoms with Gasteiger partial charge in [0.2, 0.25) is 0 Å². The number of piperidine rings is 1. The van der Waals surface area contributed by atoms with Crippen molar-refractivity contribution in [2.24, 2.45) is 5.92 Å². The molecule has 1 N–H and O–H groups in total. The zero-order valence-corrected chi connectivity index (χ0v) is 13.6. The molecule has 0 radical (unpaired) electrons. The van der Waals surface area contributed by atoms with Crippen molar-refractivity contribution in [1.29, 1.82) is 0 Å². The Kier molecular flexibility index (Phi) is 6.70. The van der Waals surface area contributed by atoms with Gasteiger partial charge < -0.3 is 10.2 Å². The molecule has 1 amide bonds. The van der Waals surface area contributed by atoms with Gasteiger partial charge in [-0.1, -0.05) is 0 Å². The molecule has 0 saturated carbocycles. The molecule has 2 rings (SSSR count). The maximum absolute atomic E-state index is 12.5. The summed E-state index contributed by atoms with van der Waals surface area (Å²) in [6.07, 6.45) is 3.09. The molecule has 1 aromatic heterocycles. The van der Waals surface area contributed by atoms with Crippen LogP contribution in [0.1, 0.15) is 28.9 Å². The number of aromatic nitrogens is 1. The molecule has 22 heavy (non-hydrogen) atoms. The third-order valence-electron chi connectivity index (χ3n) is 3.91. The predicted octanol–water partition coefficient (Wildman–Crippen LogP) is 1.79. The van der Waals surface area contributed by atoms with E-state index in [2.05, 4.69) is 10.3 Å². The van der Waals surface area contributed by atoms with E-state index in [0.29, 0.717) is 30.3 Å². The number of likely N-dealkylation sites (tertiary alicyclic amines) is 1. The number of nitro groups is 1. The number of aryl methyl sites for hydroxylation is 1. The van der Waals surface area contributed by atoms with Crippen LogP contribution in [0, 0.1) is 23.0 Å². The second-order valence-corrected chi connectivity index (χ2v) is 5.38. The topological polar surface area (TPSA) is 88.4 Å². The number of nitrogens with one attached hydrogen (secondary N) is 1. The Hall–Kier alpha value is -1.73. The second kappa shape index (κ2) is 8.05. The highest BCUT2D eigenvalue weighted by molar-refractivity contribution is 5.95. The van der Waals surface area contributed by atoms with Crippen molar-refractivity contribution in [3.63, 3.8) is 0 Å². The summed E-state index contributed by atoms with van der Waals surface area (Å²) in [6.45, 7) is 4.03. The molecule has 2 heterocycles. The van der Waals surface area contributed by atoms with Gasteiger partial charge in [0.1, 0.15) is 6.20 Å². The fourth-order valence-electron chi connectivity index (χ4n) is 2.64. The summed E-state index contributed by atoms with van der Waals surface area (Å²) in [4.78, 5) is 28.5. The zero-order chi connectivity index (χ0) is 15.4. The fraction of sp³-hybridized carbons (Fsp3) is 0.571. The van der Waals surface area contributed by atoms with Crippen LogP contribution in [0.4, 0.5) is 5.69 Å². The van der Waals surface area contributed by atoms with Gasteiger partial charge in [0.15, 0.2) is 0 Å². The lowest BCUT2D eigenvalue weighted by Crippen LogP contribution is -2.40. The van der Waals surface area contributed by atoms with Gasteiger partial charge in [-0.3, -0.25) is 19.9 Å². The van der Waals surface area contributed by atoms with E-state index in [1.54, 1.807) is 11.8 Å². The number of hydrogen-bond donors (Lipinski definition) is 1. The van der Waals surface area contributed by atoms with Gasteiger partial charge in [-0.2, -0.15) is 0 Å². The third-order valence-corrected chi connectivity index (χ3v) is 3.91. The highest BCUT2D eigenvalue weighted by Crippen LogP contribution is 2.21. The molecule has 1 aliphatic rings. The third kappa shape index (κ3) is 4.14. The van der Waals surface area contributed by atoms with E-state index in [-0.39, 0.29) is 24.0 Å². The van der Waals surface area contributed by atoms with Crippen LogP contribution < -0.4 is 5.32 Å². The van der Waals surface area contributed by atoms with Crippen molar-refractivity contribution in [2.45, 2.75) is 19.8 Å². The van der Waals surface area contributed by atoms with Crippen molar-refractivity contribution >= 4 is 24.0 Å². The van der Waals surface area contributed by atoms with Gasteiger partial charge in [-0.15, -0.1) is 12.4 Å². The Labute approximate surface area is 135 Å². The Morgan fingerprint density at radius 2 is 2.14 bits per heavy atom. The smallest absolute Gasteiger partial charge is 0.288 e. The molecule has 0 aliphatic carbocycles. The molecular weight excluding hydrogens is 308 g/mol. The number of pyridine rings is 1. The van der Waals surface area contributed by atoms with Crippen LogP contribution >= 0.6 is 12.4 Å². The van der Waals surface area contributed by atoms with E-state index in [1.165, 1.54) is 12.3 Å². The number of carbonyl (C=O) groups excluding carboxylic acids is 1. The molecule has 0 aromatic carbocycles. The van der Waals surface area contributed by atoms with Crippen LogP contribution in [-0.4, -0.2) is 47.4 Å². The molecule has 1 fully saturated rings. The van der Waals surface area contributed by atoms with Gasteiger partial charge in [0.25, 0.3) is 11.6 Å². The summed E-state index contributed by atoms with van der Waals surface area (Å²) in [5.74, 6) is 0.426. The van der Waals surface area contributed by atoms with E-state index in [9.17, 15) is 14.9 Å². The first-order valence-electron chi connectivity index (χ1n) is 7.08. The second-order valence-electron chi connectivity index (χ2n) is 5.38. The predicted molar refractivity (Wildman–Crippen MR) is 85.4 cm³/mol. The molecule has 8 heteroatoms. The Balaban J connectivity index is 0.00000242. The van der Waals surface area contributed by atoms with Crippen LogP contribution in [0.2, 0.25) is 0 Å². The number of rotatable bonds is 4. The highest BCUT2D eigenvalue weighted by atomic mass is 35.5. The van der Waals surface area contributed by atoms with Crippen LogP contribution in [0.3, 0.4) is 0 Å². The summed E-state index contributed by atoms with van der Waals surface area (Å²) in [6, 6.07) is 1.32. The van der Waals surface area contributed by atoms with Crippen LogP contribution in [0.25, 0.3) is 0 Å². The molecule has 0 bridgehead atoms. The van der Waals surface area contributed by atoms with Gasteiger partial charge in [0, 0.05) is 19.2 Å². The Bertz CT molecular complexity index is 545. The molecule has 1 aromatic rings. The molecular formula is C14H21ClN4O3. The van der Waals surface area contributed by atoms with Gasteiger partial charge in [-0.05, 0) is 39.3 Å². The van der Waals surface area contributed by atoms with Crippen LogP contribution in [-0.2, 0) is 0 Å². The van der Waals surface area contributed by atoms with Crippen LogP contribution in [0.15, 0.2) is 12.3 Å². The van der Waals surface area contributed by atoms with E-state index in [1.807, 2.05) is 7.05 Å². The zero-order valence-electron chi connectivity index (χ0n) is 12.7. The molecule has 0 spiro atoms. The number of halogens is 1. The van der Waals surface area contributed by atoms with Gasteiger partial charge >= 0.3 is 0 Å². The summed E-state index contributed by atoms with van der Waals surface area (Å²) >= 11 is 0. The molecule has 0 atom stereocenters. The van der Waals surface area contributed by atoms with Gasteiger partial charge in [-0.25, -0.2) is 0 Å². The average Bonchev–Trinajstić information content (AvgIpc) is 2.48. The molecule has 1 saturated heterocycles. The summed E-state index contributed by atoms with van der Waals surface area (Å²) < 4.78 is 0. The Morgan fingerprint density at radius 1 is 1.50 bits per heavy atom. The highest BCUT2D eigenvalue weighted by Gasteiger charge is 2.25. The molecule has 1 aliphatic heterocycles. The monoisotopic (exact) mass is 328 g/mol. The number of nitrogens with zero attached hydrogens (tertiary/aromatic N) is 3. The van der Waals surface area contributed by atoms with E-state index < -0.39 is 4.92 Å². The fourth-order valence-corrected chi connectivity index (χ4v) is 2.64. The minimum atomic E-state index is -0.525. The van der Waals surface area contributed by atoms with Crippen molar-refractivity contribution in [2.75, 3.05) is 26.7 Å². The first-order valence-corrected chi connectivity index (χ1v) is 7.08. The maximum Gasteiger partial charge on any atom is 0.288 e. The number of amides is 1. The van der Waals surface area contributed by atoms with E-state index in [4.69, 9.17) is 0 Å². The lowest BCUT2D eigenvalue weighted by molar-refractivity contribution is -0.385. The molecule has 122 valence electrons. The lowest BCUT2D eigenvalue weighted by atomic mass is 9.96. The quantitative estimate of drug-likeness (QED) is 0.672. The van der Waals surface area contributed by atoms with Gasteiger partial charge in [0.05, 0.1) is 16.2 Å². The normalized spacial score (nSPS) is 15.3. The largest absolute Gasteiger partial charge is 0.339 e. The van der Waals surface area contributed by atoms with Crippen molar-refractivity contribution in [3.05, 3.63) is 33.6 Å². The lowest BCUT2D eigenvalue weighted by Gasteiger charge is -2.32. The summed E-state index contributed by atoms with van der Waals surface area (Å²) in [7, 11) is 1.93.